The van der Waals surface area contributed by atoms with Crippen molar-refractivity contribution in [1.82, 2.24) is 5.32 Å². The standard InChI is InChI=1S/C70H137NO3/c1-3-5-7-9-11-13-15-17-19-21-23-25-27-29-31-32-33-34-35-36-37-38-40-42-44-46-48-50-52-54-56-58-60-62-64-66-70(74)71-68(67-72)69(73)65-63-61-59-57-55-53-51-49-47-45-43-41-39-30-28-26-24-22-20-18-16-14-12-10-8-6-4-2/h15,17,21,23,68-69,72-73H,3-14,16,18-20,22,24-67H2,1-2H3,(H,71,74)/b17-15-,23-21-. The number of unbranched alkanes of at least 4 members (excludes halogenated alkanes) is 54. The number of hydrogen-bond acceptors (Lipinski definition) is 3. The van der Waals surface area contributed by atoms with Crippen LogP contribution in [0, 0.1) is 0 Å². The van der Waals surface area contributed by atoms with Crippen LogP contribution in [0.3, 0.4) is 0 Å². The SMILES string of the molecule is CCCCCCC/C=C\C/C=C\CCCCCCCCCCCCCCCCCCCCCCCCCC(=O)NC(CO)C(O)CCCCCCCCCCCCCCCCCCCCCCCCCCCCC. The summed E-state index contributed by atoms with van der Waals surface area (Å²) in [6.07, 6.45) is 89.5. The van der Waals surface area contributed by atoms with Gasteiger partial charge in [-0.25, -0.2) is 0 Å². The molecule has 1 amide bonds. The van der Waals surface area contributed by atoms with Gasteiger partial charge < -0.3 is 15.5 Å². The maximum atomic E-state index is 12.6. The minimum atomic E-state index is -0.658. The number of nitrogens with one attached hydrogen (secondary N) is 1. The lowest BCUT2D eigenvalue weighted by Gasteiger charge is -2.22. The summed E-state index contributed by atoms with van der Waals surface area (Å²) in [5.41, 5.74) is 0. The third kappa shape index (κ3) is 61.7. The Balaban J connectivity index is 3.37. The van der Waals surface area contributed by atoms with Crippen LogP contribution >= 0.6 is 0 Å². The number of carbonyl (C=O) groups is 1. The zero-order valence-corrected chi connectivity index (χ0v) is 50.9. The van der Waals surface area contributed by atoms with E-state index < -0.39 is 12.1 Å². The molecule has 74 heavy (non-hydrogen) atoms. The number of aliphatic hydroxyl groups is 2. The Morgan fingerprint density at radius 1 is 0.324 bits per heavy atom. The first-order valence-corrected chi connectivity index (χ1v) is 34.5. The van der Waals surface area contributed by atoms with Gasteiger partial charge in [0.15, 0.2) is 0 Å². The van der Waals surface area contributed by atoms with Gasteiger partial charge in [-0.15, -0.1) is 0 Å². The lowest BCUT2D eigenvalue weighted by Crippen LogP contribution is -2.45. The maximum Gasteiger partial charge on any atom is 0.220 e. The highest BCUT2D eigenvalue weighted by atomic mass is 16.3. The zero-order valence-electron chi connectivity index (χ0n) is 50.9. The summed E-state index contributed by atoms with van der Waals surface area (Å²) in [6.45, 7) is 4.40. The second-order valence-corrected chi connectivity index (χ2v) is 24.0. The molecule has 4 heteroatoms. The van der Waals surface area contributed by atoms with E-state index in [2.05, 4.69) is 43.5 Å². The molecule has 0 rings (SSSR count). The first-order chi connectivity index (χ1) is 36.7. The van der Waals surface area contributed by atoms with Crippen LogP contribution in [0.15, 0.2) is 24.3 Å². The van der Waals surface area contributed by atoms with E-state index in [-0.39, 0.29) is 12.5 Å². The number of rotatable bonds is 65. The molecular weight excluding hydrogens is 903 g/mol. The summed E-state index contributed by atoms with van der Waals surface area (Å²) in [7, 11) is 0. The summed E-state index contributed by atoms with van der Waals surface area (Å²) in [6, 6.07) is -0.535. The van der Waals surface area contributed by atoms with Crippen LogP contribution in [-0.4, -0.2) is 34.9 Å². The molecule has 0 aromatic rings. The number of hydrogen-bond donors (Lipinski definition) is 3. The summed E-state index contributed by atoms with van der Waals surface area (Å²) in [4.78, 5) is 12.6. The van der Waals surface area contributed by atoms with Gasteiger partial charge in [-0.1, -0.05) is 372 Å². The van der Waals surface area contributed by atoms with Gasteiger partial charge in [0.25, 0.3) is 0 Å². The Morgan fingerprint density at radius 2 is 0.554 bits per heavy atom. The highest BCUT2D eigenvalue weighted by molar-refractivity contribution is 5.76. The fourth-order valence-electron chi connectivity index (χ4n) is 11.2. The Labute approximate surface area is 466 Å². The van der Waals surface area contributed by atoms with Gasteiger partial charge in [-0.05, 0) is 44.9 Å². The quantitative estimate of drug-likeness (QED) is 0.0420. The zero-order chi connectivity index (χ0) is 53.4. The van der Waals surface area contributed by atoms with Crippen molar-refractivity contribution < 1.29 is 15.0 Å². The molecule has 0 aliphatic rings. The number of aliphatic hydroxyl groups excluding tert-OH is 2. The third-order valence-corrected chi connectivity index (χ3v) is 16.5. The highest BCUT2D eigenvalue weighted by Gasteiger charge is 2.20. The molecule has 440 valence electrons. The maximum absolute atomic E-state index is 12.6. The van der Waals surface area contributed by atoms with E-state index in [4.69, 9.17) is 0 Å². The van der Waals surface area contributed by atoms with Gasteiger partial charge in [0.1, 0.15) is 0 Å². The highest BCUT2D eigenvalue weighted by Crippen LogP contribution is 2.19. The molecule has 0 radical (unpaired) electrons. The molecule has 0 aromatic heterocycles. The van der Waals surface area contributed by atoms with Crippen molar-refractivity contribution in [3.8, 4) is 0 Å². The lowest BCUT2D eigenvalue weighted by molar-refractivity contribution is -0.123. The Bertz CT molecular complexity index is 1090. The average Bonchev–Trinajstić information content (AvgIpc) is 3.40. The molecule has 0 spiro atoms. The molecule has 4 nitrogen and oxygen atoms in total. The van der Waals surface area contributed by atoms with Gasteiger partial charge in [0.2, 0.25) is 5.91 Å². The molecular formula is C70H137NO3. The van der Waals surface area contributed by atoms with E-state index in [9.17, 15) is 15.0 Å². The monoisotopic (exact) mass is 1040 g/mol. The molecule has 0 saturated heterocycles. The average molecular weight is 1040 g/mol. The van der Waals surface area contributed by atoms with Crippen molar-refractivity contribution in [2.24, 2.45) is 0 Å². The van der Waals surface area contributed by atoms with Crippen LogP contribution in [0.1, 0.15) is 399 Å². The van der Waals surface area contributed by atoms with Gasteiger partial charge in [-0.2, -0.15) is 0 Å². The normalized spacial score (nSPS) is 12.8. The van der Waals surface area contributed by atoms with Crippen molar-refractivity contribution in [3.05, 3.63) is 24.3 Å². The Morgan fingerprint density at radius 3 is 0.811 bits per heavy atom. The van der Waals surface area contributed by atoms with Crippen molar-refractivity contribution >= 4 is 5.91 Å². The fourth-order valence-corrected chi connectivity index (χ4v) is 11.2. The van der Waals surface area contributed by atoms with Crippen LogP contribution < -0.4 is 5.32 Å². The van der Waals surface area contributed by atoms with Crippen molar-refractivity contribution in [3.63, 3.8) is 0 Å². The summed E-state index contributed by atoms with van der Waals surface area (Å²) in [5.74, 6) is -0.0215. The van der Waals surface area contributed by atoms with E-state index in [0.29, 0.717) is 12.8 Å². The Hall–Kier alpha value is -1.13. The number of amides is 1. The van der Waals surface area contributed by atoms with Crippen molar-refractivity contribution in [1.29, 1.82) is 0 Å². The summed E-state index contributed by atoms with van der Waals surface area (Å²) < 4.78 is 0. The smallest absolute Gasteiger partial charge is 0.220 e. The van der Waals surface area contributed by atoms with Gasteiger partial charge in [0, 0.05) is 6.42 Å². The van der Waals surface area contributed by atoms with Crippen LogP contribution in [0.2, 0.25) is 0 Å². The molecule has 0 aliphatic heterocycles. The van der Waals surface area contributed by atoms with Crippen LogP contribution in [-0.2, 0) is 4.79 Å². The second kappa shape index (κ2) is 66.2. The van der Waals surface area contributed by atoms with Gasteiger partial charge in [0.05, 0.1) is 18.8 Å². The molecule has 0 aromatic carbocycles. The molecule has 0 bridgehead atoms. The largest absolute Gasteiger partial charge is 0.394 e. The predicted molar refractivity (Wildman–Crippen MR) is 332 cm³/mol. The van der Waals surface area contributed by atoms with Crippen LogP contribution in [0.25, 0.3) is 0 Å². The molecule has 0 saturated carbocycles. The molecule has 3 N–H and O–H groups in total. The topological polar surface area (TPSA) is 69.6 Å². The minimum Gasteiger partial charge on any atom is -0.394 e. The number of allylic oxidation sites excluding steroid dienone is 4. The van der Waals surface area contributed by atoms with Crippen LogP contribution in [0.4, 0.5) is 0 Å². The first kappa shape index (κ1) is 72.9. The lowest BCUT2D eigenvalue weighted by atomic mass is 10.0. The van der Waals surface area contributed by atoms with Crippen molar-refractivity contribution in [2.75, 3.05) is 6.61 Å². The number of carbonyl (C=O) groups excluding carboxylic acids is 1. The minimum absolute atomic E-state index is 0.0215. The van der Waals surface area contributed by atoms with Gasteiger partial charge in [-0.3, -0.25) is 4.79 Å². The summed E-state index contributed by atoms with van der Waals surface area (Å²) in [5, 5.41) is 23.5. The van der Waals surface area contributed by atoms with E-state index in [0.717, 1.165) is 32.1 Å². The van der Waals surface area contributed by atoms with E-state index >= 15 is 0 Å². The molecule has 0 aliphatic carbocycles. The molecule has 2 unspecified atom stereocenters. The second-order valence-electron chi connectivity index (χ2n) is 24.0. The molecule has 0 heterocycles. The van der Waals surface area contributed by atoms with Crippen molar-refractivity contribution in [2.45, 2.75) is 411 Å². The summed E-state index contributed by atoms with van der Waals surface area (Å²) >= 11 is 0. The molecule has 0 fully saturated rings. The molecule has 2 atom stereocenters. The fraction of sp³-hybridized carbons (Fsp3) is 0.929. The Kier molecular flexibility index (Phi) is 65.1. The first-order valence-electron chi connectivity index (χ1n) is 34.5. The van der Waals surface area contributed by atoms with E-state index in [1.807, 2.05) is 0 Å². The third-order valence-electron chi connectivity index (χ3n) is 16.5. The predicted octanol–water partition coefficient (Wildman–Crippen LogP) is 23.4. The van der Waals surface area contributed by atoms with E-state index in [1.165, 1.54) is 340 Å². The van der Waals surface area contributed by atoms with Gasteiger partial charge >= 0.3 is 0 Å². The van der Waals surface area contributed by atoms with E-state index in [1.54, 1.807) is 0 Å². The van der Waals surface area contributed by atoms with Crippen LogP contribution in [0.5, 0.6) is 0 Å².